The third-order valence-corrected chi connectivity index (χ3v) is 2.40. The number of aryl methyl sites for hydroxylation is 1. The smallest absolute Gasteiger partial charge is 0.220 e. The maximum atomic E-state index is 13.3. The lowest BCUT2D eigenvalue weighted by Crippen LogP contribution is -2.35. The van der Waals surface area contributed by atoms with Crippen molar-refractivity contribution in [2.45, 2.75) is 25.8 Å². The molecule has 1 atom stereocenters. The molecule has 1 aromatic carbocycles. The third-order valence-electron chi connectivity index (χ3n) is 2.40. The lowest BCUT2D eigenvalue weighted by molar-refractivity contribution is -0.122. The van der Waals surface area contributed by atoms with Crippen LogP contribution in [-0.4, -0.2) is 25.7 Å². The Hall–Kier alpha value is -1.42. The average molecular weight is 239 g/mol. The molecule has 17 heavy (non-hydrogen) atoms. The van der Waals surface area contributed by atoms with Gasteiger partial charge in [0, 0.05) is 19.6 Å². The fourth-order valence-corrected chi connectivity index (χ4v) is 1.59. The van der Waals surface area contributed by atoms with E-state index in [2.05, 4.69) is 5.32 Å². The Bertz CT molecular complexity index is 368. The summed E-state index contributed by atoms with van der Waals surface area (Å²) in [6.07, 6.45) is 0.702. The molecule has 0 saturated carbocycles. The van der Waals surface area contributed by atoms with Crippen LogP contribution < -0.4 is 5.32 Å². The molecule has 0 aromatic heterocycles. The summed E-state index contributed by atoms with van der Waals surface area (Å²) in [7, 11) is 1.59. The Labute approximate surface area is 101 Å². The van der Waals surface area contributed by atoms with Crippen LogP contribution in [0.4, 0.5) is 4.39 Å². The van der Waals surface area contributed by atoms with Crippen molar-refractivity contribution in [2.24, 2.45) is 0 Å². The van der Waals surface area contributed by atoms with Gasteiger partial charge in [-0.2, -0.15) is 0 Å². The van der Waals surface area contributed by atoms with E-state index >= 15 is 0 Å². The fraction of sp³-hybridized carbons (Fsp3) is 0.462. The molecule has 1 rings (SSSR count). The first-order valence-electron chi connectivity index (χ1n) is 5.65. The van der Waals surface area contributed by atoms with Crippen molar-refractivity contribution >= 4 is 5.91 Å². The van der Waals surface area contributed by atoms with E-state index in [1.54, 1.807) is 25.3 Å². The molecule has 0 radical (unpaired) electrons. The summed E-state index contributed by atoms with van der Waals surface area (Å²) in [6.45, 7) is 2.34. The number of benzene rings is 1. The lowest BCUT2D eigenvalue weighted by atomic mass is 10.1. The second-order valence-electron chi connectivity index (χ2n) is 4.02. The van der Waals surface area contributed by atoms with Gasteiger partial charge in [0.05, 0.1) is 6.61 Å². The molecule has 0 fully saturated rings. The summed E-state index contributed by atoms with van der Waals surface area (Å²) in [5.41, 5.74) is 0.571. The SMILES string of the molecule is COC[C@H](C)NC(=O)CCc1ccccc1F. The molecule has 0 aliphatic rings. The van der Waals surface area contributed by atoms with Gasteiger partial charge in [0.25, 0.3) is 0 Å². The van der Waals surface area contributed by atoms with Crippen LogP contribution in [0, 0.1) is 5.82 Å². The topological polar surface area (TPSA) is 38.3 Å². The van der Waals surface area contributed by atoms with Gasteiger partial charge >= 0.3 is 0 Å². The highest BCUT2D eigenvalue weighted by atomic mass is 19.1. The predicted octanol–water partition coefficient (Wildman–Crippen LogP) is 1.91. The van der Waals surface area contributed by atoms with Crippen molar-refractivity contribution in [2.75, 3.05) is 13.7 Å². The normalized spacial score (nSPS) is 12.2. The van der Waals surface area contributed by atoms with Gasteiger partial charge in [-0.15, -0.1) is 0 Å². The highest BCUT2D eigenvalue weighted by Crippen LogP contribution is 2.08. The van der Waals surface area contributed by atoms with Crippen LogP contribution in [-0.2, 0) is 16.0 Å². The molecule has 0 heterocycles. The summed E-state index contributed by atoms with van der Waals surface area (Å²) < 4.78 is 18.2. The molecule has 0 aliphatic carbocycles. The van der Waals surface area contributed by atoms with Crippen LogP contribution in [0.1, 0.15) is 18.9 Å². The number of nitrogens with one attached hydrogen (secondary N) is 1. The largest absolute Gasteiger partial charge is 0.383 e. The van der Waals surface area contributed by atoms with Crippen LogP contribution in [0.5, 0.6) is 0 Å². The Balaban J connectivity index is 2.36. The zero-order valence-electron chi connectivity index (χ0n) is 10.2. The standard InChI is InChI=1S/C13H18FNO2/c1-10(9-17-2)15-13(16)8-7-11-5-3-4-6-12(11)14/h3-6,10H,7-9H2,1-2H3,(H,15,16)/t10-/m0/s1. The fourth-order valence-electron chi connectivity index (χ4n) is 1.59. The molecule has 1 N–H and O–H groups in total. The van der Waals surface area contributed by atoms with Crippen molar-refractivity contribution < 1.29 is 13.9 Å². The number of carbonyl (C=O) groups is 1. The zero-order chi connectivity index (χ0) is 12.7. The highest BCUT2D eigenvalue weighted by molar-refractivity contribution is 5.76. The summed E-state index contributed by atoms with van der Waals surface area (Å²) in [6, 6.07) is 6.49. The Morgan fingerprint density at radius 1 is 1.47 bits per heavy atom. The number of rotatable bonds is 6. The second-order valence-corrected chi connectivity index (χ2v) is 4.02. The van der Waals surface area contributed by atoms with Gasteiger partial charge in [-0.1, -0.05) is 18.2 Å². The molecular weight excluding hydrogens is 221 g/mol. The van der Waals surface area contributed by atoms with Crippen LogP contribution in [0.15, 0.2) is 24.3 Å². The van der Waals surface area contributed by atoms with E-state index in [0.717, 1.165) is 0 Å². The van der Waals surface area contributed by atoms with Gasteiger partial charge in [0.1, 0.15) is 5.82 Å². The van der Waals surface area contributed by atoms with Gasteiger partial charge in [0.2, 0.25) is 5.91 Å². The Kier molecular flexibility index (Phi) is 5.63. The van der Waals surface area contributed by atoms with E-state index in [9.17, 15) is 9.18 Å². The molecule has 94 valence electrons. The van der Waals surface area contributed by atoms with Gasteiger partial charge < -0.3 is 10.1 Å². The Morgan fingerprint density at radius 3 is 2.82 bits per heavy atom. The molecule has 0 bridgehead atoms. The highest BCUT2D eigenvalue weighted by Gasteiger charge is 2.08. The van der Waals surface area contributed by atoms with Crippen LogP contribution in [0.3, 0.4) is 0 Å². The molecule has 0 spiro atoms. The number of ether oxygens (including phenoxy) is 1. The molecule has 1 aromatic rings. The third kappa shape index (κ3) is 4.95. The molecule has 0 saturated heterocycles. The summed E-state index contributed by atoms with van der Waals surface area (Å²) >= 11 is 0. The van der Waals surface area contributed by atoms with E-state index in [1.165, 1.54) is 6.07 Å². The van der Waals surface area contributed by atoms with E-state index < -0.39 is 0 Å². The van der Waals surface area contributed by atoms with Crippen molar-refractivity contribution in [3.05, 3.63) is 35.6 Å². The van der Waals surface area contributed by atoms with Crippen LogP contribution >= 0.6 is 0 Å². The van der Waals surface area contributed by atoms with Crippen molar-refractivity contribution in [3.63, 3.8) is 0 Å². The number of carbonyl (C=O) groups excluding carboxylic acids is 1. The lowest BCUT2D eigenvalue weighted by Gasteiger charge is -2.12. The number of amides is 1. The second kappa shape index (κ2) is 7.01. The van der Waals surface area contributed by atoms with Gasteiger partial charge in [-0.25, -0.2) is 4.39 Å². The number of halogens is 1. The molecule has 0 unspecified atom stereocenters. The first-order chi connectivity index (χ1) is 8.13. The maximum absolute atomic E-state index is 13.3. The molecule has 4 heteroatoms. The first-order valence-corrected chi connectivity index (χ1v) is 5.65. The van der Waals surface area contributed by atoms with Gasteiger partial charge in [0.15, 0.2) is 0 Å². The van der Waals surface area contributed by atoms with Crippen molar-refractivity contribution in [1.29, 1.82) is 0 Å². The number of methoxy groups -OCH3 is 1. The number of hydrogen-bond donors (Lipinski definition) is 1. The predicted molar refractivity (Wildman–Crippen MR) is 64.2 cm³/mol. The van der Waals surface area contributed by atoms with Gasteiger partial charge in [-0.05, 0) is 25.0 Å². The van der Waals surface area contributed by atoms with Crippen molar-refractivity contribution in [3.8, 4) is 0 Å². The molecule has 1 amide bonds. The first kappa shape index (κ1) is 13.6. The van der Waals surface area contributed by atoms with E-state index in [4.69, 9.17) is 4.74 Å². The van der Waals surface area contributed by atoms with E-state index in [1.807, 2.05) is 6.92 Å². The average Bonchev–Trinajstić information content (AvgIpc) is 2.28. The minimum Gasteiger partial charge on any atom is -0.383 e. The minimum atomic E-state index is -0.259. The van der Waals surface area contributed by atoms with E-state index in [-0.39, 0.29) is 24.2 Å². The van der Waals surface area contributed by atoms with Crippen LogP contribution in [0.2, 0.25) is 0 Å². The molecule has 3 nitrogen and oxygen atoms in total. The maximum Gasteiger partial charge on any atom is 0.220 e. The number of hydrogen-bond acceptors (Lipinski definition) is 2. The zero-order valence-corrected chi connectivity index (χ0v) is 10.2. The summed E-state index contributed by atoms with van der Waals surface area (Å²) in [4.78, 5) is 11.5. The molecule has 0 aliphatic heterocycles. The van der Waals surface area contributed by atoms with Crippen LogP contribution in [0.25, 0.3) is 0 Å². The minimum absolute atomic E-state index is 0.0203. The quantitative estimate of drug-likeness (QED) is 0.823. The molecular formula is C13H18FNO2. The van der Waals surface area contributed by atoms with E-state index in [0.29, 0.717) is 18.6 Å². The summed E-state index contributed by atoms with van der Waals surface area (Å²) in [5.74, 6) is -0.344. The monoisotopic (exact) mass is 239 g/mol. The van der Waals surface area contributed by atoms with Crippen molar-refractivity contribution in [1.82, 2.24) is 5.32 Å². The Morgan fingerprint density at radius 2 is 2.18 bits per heavy atom. The van der Waals surface area contributed by atoms with Gasteiger partial charge in [-0.3, -0.25) is 4.79 Å². The summed E-state index contributed by atoms with van der Waals surface area (Å²) in [5, 5.41) is 2.78.